The molecule has 1 rings (SSSR count). The molecular formula is C10H14N2O2. The SMILES string of the molecule is CCOc1cncc(C(=O)CNC)c1. The van der Waals surface area contributed by atoms with Crippen LogP contribution in [0.25, 0.3) is 0 Å². The lowest BCUT2D eigenvalue weighted by molar-refractivity contribution is 0.0993. The van der Waals surface area contributed by atoms with Crippen LogP contribution < -0.4 is 10.1 Å². The Kier molecular flexibility index (Phi) is 4.07. The van der Waals surface area contributed by atoms with Crippen molar-refractivity contribution in [2.24, 2.45) is 0 Å². The number of hydrogen-bond acceptors (Lipinski definition) is 4. The lowest BCUT2D eigenvalue weighted by Gasteiger charge is -2.04. The molecule has 0 unspecified atom stereocenters. The molecule has 0 fully saturated rings. The second-order valence-electron chi connectivity index (χ2n) is 2.80. The number of pyridine rings is 1. The van der Waals surface area contributed by atoms with E-state index < -0.39 is 0 Å². The molecule has 1 aromatic heterocycles. The molecule has 4 nitrogen and oxygen atoms in total. The van der Waals surface area contributed by atoms with Gasteiger partial charge >= 0.3 is 0 Å². The molecule has 0 aliphatic rings. The molecule has 76 valence electrons. The Morgan fingerprint density at radius 1 is 1.57 bits per heavy atom. The number of ketones is 1. The van der Waals surface area contributed by atoms with Crippen LogP contribution in [-0.4, -0.2) is 31.0 Å². The lowest BCUT2D eigenvalue weighted by atomic mass is 10.2. The quantitative estimate of drug-likeness (QED) is 0.707. The number of ether oxygens (including phenoxy) is 1. The number of nitrogens with zero attached hydrogens (tertiary/aromatic N) is 1. The van der Waals surface area contributed by atoms with Gasteiger partial charge in [-0.3, -0.25) is 9.78 Å². The minimum Gasteiger partial charge on any atom is -0.492 e. The summed E-state index contributed by atoms with van der Waals surface area (Å²) in [5, 5.41) is 2.80. The van der Waals surface area contributed by atoms with E-state index in [1.807, 2.05) is 6.92 Å². The van der Waals surface area contributed by atoms with E-state index in [0.717, 1.165) is 0 Å². The molecule has 0 aromatic carbocycles. The smallest absolute Gasteiger partial charge is 0.178 e. The summed E-state index contributed by atoms with van der Waals surface area (Å²) >= 11 is 0. The van der Waals surface area contributed by atoms with Gasteiger partial charge < -0.3 is 10.1 Å². The monoisotopic (exact) mass is 194 g/mol. The van der Waals surface area contributed by atoms with E-state index in [2.05, 4.69) is 10.3 Å². The Labute approximate surface area is 83.3 Å². The molecule has 0 atom stereocenters. The molecule has 0 aliphatic heterocycles. The molecule has 0 saturated heterocycles. The van der Waals surface area contributed by atoms with E-state index in [0.29, 0.717) is 24.5 Å². The van der Waals surface area contributed by atoms with Gasteiger partial charge in [0, 0.05) is 11.8 Å². The molecule has 0 amide bonds. The van der Waals surface area contributed by atoms with E-state index in [1.165, 1.54) is 0 Å². The highest BCUT2D eigenvalue weighted by atomic mass is 16.5. The van der Waals surface area contributed by atoms with Crippen LogP contribution in [0.4, 0.5) is 0 Å². The highest BCUT2D eigenvalue weighted by Crippen LogP contribution is 2.11. The molecular weight excluding hydrogens is 180 g/mol. The van der Waals surface area contributed by atoms with Crippen molar-refractivity contribution in [3.8, 4) is 5.75 Å². The minimum atomic E-state index is 0.0153. The first-order valence-corrected chi connectivity index (χ1v) is 4.53. The van der Waals surface area contributed by atoms with Crippen LogP contribution >= 0.6 is 0 Å². The molecule has 1 N–H and O–H groups in total. The summed E-state index contributed by atoms with van der Waals surface area (Å²) in [6.45, 7) is 2.78. The fourth-order valence-electron chi connectivity index (χ4n) is 1.08. The average molecular weight is 194 g/mol. The fourth-order valence-corrected chi connectivity index (χ4v) is 1.08. The maximum Gasteiger partial charge on any atom is 0.178 e. The Bertz CT molecular complexity index is 313. The summed E-state index contributed by atoms with van der Waals surface area (Å²) < 4.78 is 5.24. The highest BCUT2D eigenvalue weighted by Gasteiger charge is 2.05. The first kappa shape index (κ1) is 10.7. The zero-order valence-corrected chi connectivity index (χ0v) is 8.41. The molecule has 0 bridgehead atoms. The van der Waals surface area contributed by atoms with Gasteiger partial charge in [-0.15, -0.1) is 0 Å². The standard InChI is InChI=1S/C10H14N2O2/c1-3-14-9-4-8(5-12-6-9)10(13)7-11-2/h4-6,11H,3,7H2,1-2H3. The van der Waals surface area contributed by atoms with Crippen LogP contribution in [0.5, 0.6) is 5.75 Å². The predicted octanol–water partition coefficient (Wildman–Crippen LogP) is 0.882. The number of carbonyl (C=O) groups is 1. The van der Waals surface area contributed by atoms with Gasteiger partial charge in [-0.25, -0.2) is 0 Å². The predicted molar refractivity (Wildman–Crippen MR) is 53.7 cm³/mol. The van der Waals surface area contributed by atoms with Gasteiger partial charge in [-0.1, -0.05) is 0 Å². The van der Waals surface area contributed by atoms with Crippen LogP contribution in [0, 0.1) is 0 Å². The first-order valence-electron chi connectivity index (χ1n) is 4.53. The van der Waals surface area contributed by atoms with E-state index in [4.69, 9.17) is 4.74 Å². The van der Waals surface area contributed by atoms with Crippen LogP contribution in [-0.2, 0) is 0 Å². The average Bonchev–Trinajstić information content (AvgIpc) is 2.19. The normalized spacial score (nSPS) is 9.86. The summed E-state index contributed by atoms with van der Waals surface area (Å²) in [5.74, 6) is 0.649. The third-order valence-corrected chi connectivity index (χ3v) is 1.68. The molecule has 1 heterocycles. The summed E-state index contributed by atoms with van der Waals surface area (Å²) in [6, 6.07) is 1.70. The molecule has 0 spiro atoms. The van der Waals surface area contributed by atoms with Crippen molar-refractivity contribution in [1.82, 2.24) is 10.3 Å². The van der Waals surface area contributed by atoms with E-state index in [9.17, 15) is 4.79 Å². The van der Waals surface area contributed by atoms with E-state index in [1.54, 1.807) is 25.5 Å². The maximum absolute atomic E-state index is 11.4. The number of likely N-dealkylation sites (N-methyl/N-ethyl adjacent to an activating group) is 1. The van der Waals surface area contributed by atoms with Gasteiger partial charge in [-0.05, 0) is 20.0 Å². The van der Waals surface area contributed by atoms with Crippen molar-refractivity contribution in [3.05, 3.63) is 24.0 Å². The van der Waals surface area contributed by atoms with Gasteiger partial charge in [-0.2, -0.15) is 0 Å². The third-order valence-electron chi connectivity index (χ3n) is 1.68. The Morgan fingerprint density at radius 2 is 2.36 bits per heavy atom. The second-order valence-corrected chi connectivity index (χ2v) is 2.80. The summed E-state index contributed by atoms with van der Waals surface area (Å²) in [4.78, 5) is 15.4. The number of aromatic nitrogens is 1. The Hall–Kier alpha value is -1.42. The number of hydrogen-bond donors (Lipinski definition) is 1. The van der Waals surface area contributed by atoms with E-state index >= 15 is 0 Å². The highest BCUT2D eigenvalue weighted by molar-refractivity contribution is 5.97. The Morgan fingerprint density at radius 3 is 3.00 bits per heavy atom. The molecule has 0 radical (unpaired) electrons. The lowest BCUT2D eigenvalue weighted by Crippen LogP contribution is -2.18. The van der Waals surface area contributed by atoms with Crippen molar-refractivity contribution in [2.75, 3.05) is 20.2 Å². The van der Waals surface area contributed by atoms with E-state index in [-0.39, 0.29) is 5.78 Å². The van der Waals surface area contributed by atoms with Crippen LogP contribution in [0.15, 0.2) is 18.5 Å². The van der Waals surface area contributed by atoms with Crippen molar-refractivity contribution in [2.45, 2.75) is 6.92 Å². The van der Waals surface area contributed by atoms with Crippen molar-refractivity contribution < 1.29 is 9.53 Å². The zero-order chi connectivity index (χ0) is 10.4. The van der Waals surface area contributed by atoms with Crippen LogP contribution in [0.2, 0.25) is 0 Å². The third kappa shape index (κ3) is 2.81. The van der Waals surface area contributed by atoms with Crippen molar-refractivity contribution >= 4 is 5.78 Å². The minimum absolute atomic E-state index is 0.0153. The van der Waals surface area contributed by atoms with Crippen molar-refractivity contribution in [1.29, 1.82) is 0 Å². The fraction of sp³-hybridized carbons (Fsp3) is 0.400. The van der Waals surface area contributed by atoms with Gasteiger partial charge in [0.1, 0.15) is 5.75 Å². The van der Waals surface area contributed by atoms with Gasteiger partial charge in [0.05, 0.1) is 19.3 Å². The van der Waals surface area contributed by atoms with Gasteiger partial charge in [0.2, 0.25) is 0 Å². The van der Waals surface area contributed by atoms with Crippen LogP contribution in [0.3, 0.4) is 0 Å². The number of Topliss-reactive ketones (excluding diaryl/α,β-unsaturated/α-hetero) is 1. The summed E-state index contributed by atoms with van der Waals surface area (Å²) in [6.07, 6.45) is 3.14. The summed E-state index contributed by atoms with van der Waals surface area (Å²) in [5.41, 5.74) is 0.574. The number of rotatable bonds is 5. The largest absolute Gasteiger partial charge is 0.492 e. The zero-order valence-electron chi connectivity index (χ0n) is 8.41. The number of nitrogens with one attached hydrogen (secondary N) is 1. The first-order chi connectivity index (χ1) is 6.77. The molecule has 14 heavy (non-hydrogen) atoms. The van der Waals surface area contributed by atoms with Crippen molar-refractivity contribution in [3.63, 3.8) is 0 Å². The van der Waals surface area contributed by atoms with Gasteiger partial charge in [0.15, 0.2) is 5.78 Å². The number of carbonyl (C=O) groups excluding carboxylic acids is 1. The maximum atomic E-state index is 11.4. The van der Waals surface area contributed by atoms with Gasteiger partial charge in [0.25, 0.3) is 0 Å². The molecule has 0 aliphatic carbocycles. The molecule has 1 aromatic rings. The van der Waals surface area contributed by atoms with Crippen LogP contribution in [0.1, 0.15) is 17.3 Å². The Balaban J connectivity index is 2.77. The topological polar surface area (TPSA) is 51.2 Å². The molecule has 0 saturated carbocycles. The summed E-state index contributed by atoms with van der Waals surface area (Å²) in [7, 11) is 1.73. The second kappa shape index (κ2) is 5.34. The molecule has 4 heteroatoms.